The topological polar surface area (TPSA) is 81.5 Å². The second-order valence-electron chi connectivity index (χ2n) is 4.82. The number of rotatable bonds is 6. The number of nitrogens with zero attached hydrogens (tertiary/aromatic N) is 1. The van der Waals surface area contributed by atoms with Gasteiger partial charge >= 0.3 is 0 Å². The van der Waals surface area contributed by atoms with E-state index in [2.05, 4.69) is 5.32 Å². The van der Waals surface area contributed by atoms with Crippen molar-refractivity contribution in [1.82, 2.24) is 5.32 Å². The van der Waals surface area contributed by atoms with E-state index in [1.165, 1.54) is 24.3 Å². The van der Waals surface area contributed by atoms with Crippen molar-refractivity contribution in [2.24, 2.45) is 0 Å². The first-order valence-electron chi connectivity index (χ1n) is 6.89. The minimum atomic E-state index is -0.737. The molecule has 0 radical (unpaired) electrons. The van der Waals surface area contributed by atoms with Gasteiger partial charge in [0.2, 0.25) is 0 Å². The average molecular weight is 335 g/mol. The average Bonchev–Trinajstić information content (AvgIpc) is 2.54. The molecule has 0 heterocycles. The molecule has 2 aromatic rings. The lowest BCUT2D eigenvalue weighted by molar-refractivity contribution is -0.384. The molecule has 0 aliphatic heterocycles. The van der Waals surface area contributed by atoms with Crippen molar-refractivity contribution >= 4 is 23.2 Å². The van der Waals surface area contributed by atoms with Crippen LogP contribution in [0.1, 0.15) is 12.5 Å². The highest BCUT2D eigenvalue weighted by Crippen LogP contribution is 2.18. The lowest BCUT2D eigenvalue weighted by Gasteiger charge is -2.15. The molecule has 120 valence electrons. The molecule has 0 aliphatic rings. The molecule has 2 aromatic carbocycles. The molecule has 0 saturated heterocycles. The van der Waals surface area contributed by atoms with E-state index in [-0.39, 0.29) is 11.6 Å². The third kappa shape index (κ3) is 4.69. The van der Waals surface area contributed by atoms with Gasteiger partial charge in [0.05, 0.1) is 4.92 Å². The summed E-state index contributed by atoms with van der Waals surface area (Å²) in [6.07, 6.45) is -0.737. The number of halogens is 1. The second-order valence-corrected chi connectivity index (χ2v) is 5.23. The molecule has 1 N–H and O–H groups in total. The van der Waals surface area contributed by atoms with Gasteiger partial charge in [0.15, 0.2) is 6.10 Å². The number of carbonyl (C=O) groups excluding carboxylic acids is 1. The van der Waals surface area contributed by atoms with Crippen LogP contribution in [0.4, 0.5) is 5.69 Å². The van der Waals surface area contributed by atoms with Gasteiger partial charge < -0.3 is 10.1 Å². The van der Waals surface area contributed by atoms with Crippen LogP contribution in [0, 0.1) is 10.1 Å². The highest BCUT2D eigenvalue weighted by atomic mass is 35.5. The van der Waals surface area contributed by atoms with E-state index in [4.69, 9.17) is 16.3 Å². The Balaban J connectivity index is 1.89. The van der Waals surface area contributed by atoms with Gasteiger partial charge in [-0.2, -0.15) is 0 Å². The minimum Gasteiger partial charge on any atom is -0.481 e. The molecular weight excluding hydrogens is 320 g/mol. The maximum absolute atomic E-state index is 12.0. The minimum absolute atomic E-state index is 0.0341. The Labute approximate surface area is 138 Å². The van der Waals surface area contributed by atoms with Crippen LogP contribution in [0.3, 0.4) is 0 Å². The third-order valence-electron chi connectivity index (χ3n) is 3.14. The van der Waals surface area contributed by atoms with Crippen LogP contribution in [-0.4, -0.2) is 16.9 Å². The smallest absolute Gasteiger partial charge is 0.269 e. The largest absolute Gasteiger partial charge is 0.481 e. The number of nitro groups is 1. The van der Waals surface area contributed by atoms with Gasteiger partial charge in [-0.25, -0.2) is 0 Å². The summed E-state index contributed by atoms with van der Waals surface area (Å²) in [4.78, 5) is 22.1. The SMILES string of the molecule is CC(Oc1ccc([N+](=O)[O-])cc1)C(=O)NCc1ccccc1Cl. The van der Waals surface area contributed by atoms with E-state index in [9.17, 15) is 14.9 Å². The van der Waals surface area contributed by atoms with Crippen LogP contribution in [0.25, 0.3) is 0 Å². The van der Waals surface area contributed by atoms with Crippen LogP contribution in [-0.2, 0) is 11.3 Å². The molecule has 1 unspecified atom stereocenters. The Kier molecular flexibility index (Phi) is 5.54. The van der Waals surface area contributed by atoms with Crippen LogP contribution in [0.15, 0.2) is 48.5 Å². The van der Waals surface area contributed by atoms with Crippen molar-refractivity contribution in [2.45, 2.75) is 19.6 Å². The first kappa shape index (κ1) is 16.8. The van der Waals surface area contributed by atoms with E-state index >= 15 is 0 Å². The van der Waals surface area contributed by atoms with Crippen molar-refractivity contribution in [3.05, 3.63) is 69.2 Å². The number of ether oxygens (including phenoxy) is 1. The van der Waals surface area contributed by atoms with Crippen molar-refractivity contribution in [2.75, 3.05) is 0 Å². The Hall–Kier alpha value is -2.60. The molecule has 1 atom stereocenters. The number of nitrogens with one attached hydrogen (secondary N) is 1. The molecule has 0 fully saturated rings. The van der Waals surface area contributed by atoms with Crippen LogP contribution in [0.2, 0.25) is 5.02 Å². The van der Waals surface area contributed by atoms with Gasteiger partial charge in [0, 0.05) is 23.7 Å². The summed E-state index contributed by atoms with van der Waals surface area (Å²) in [5, 5.41) is 13.9. The first-order valence-corrected chi connectivity index (χ1v) is 7.27. The van der Waals surface area contributed by atoms with E-state index in [0.29, 0.717) is 17.3 Å². The quantitative estimate of drug-likeness (QED) is 0.649. The van der Waals surface area contributed by atoms with Gasteiger partial charge in [0.25, 0.3) is 11.6 Å². The molecular formula is C16H15ClN2O4. The summed E-state index contributed by atoms with van der Waals surface area (Å²) in [5.41, 5.74) is 0.776. The summed E-state index contributed by atoms with van der Waals surface area (Å²) < 4.78 is 5.46. The first-order chi connectivity index (χ1) is 11.0. The normalized spacial score (nSPS) is 11.6. The molecule has 0 spiro atoms. The van der Waals surface area contributed by atoms with Crippen molar-refractivity contribution in [1.29, 1.82) is 0 Å². The van der Waals surface area contributed by atoms with Gasteiger partial charge in [-0.05, 0) is 30.7 Å². The maximum Gasteiger partial charge on any atom is 0.269 e. The fourth-order valence-electron chi connectivity index (χ4n) is 1.87. The number of benzene rings is 2. The Bertz CT molecular complexity index is 703. The zero-order chi connectivity index (χ0) is 16.8. The summed E-state index contributed by atoms with van der Waals surface area (Å²) in [6.45, 7) is 1.90. The number of amides is 1. The van der Waals surface area contributed by atoms with Crippen molar-refractivity contribution in [3.8, 4) is 5.75 Å². The Morgan fingerprint density at radius 2 is 1.91 bits per heavy atom. The van der Waals surface area contributed by atoms with Gasteiger partial charge in [-0.3, -0.25) is 14.9 Å². The number of carbonyl (C=O) groups is 1. The fourth-order valence-corrected chi connectivity index (χ4v) is 2.07. The summed E-state index contributed by atoms with van der Waals surface area (Å²) >= 11 is 6.02. The molecule has 1 amide bonds. The maximum atomic E-state index is 12.0. The monoisotopic (exact) mass is 334 g/mol. The van der Waals surface area contributed by atoms with E-state index in [1.807, 2.05) is 18.2 Å². The zero-order valence-corrected chi connectivity index (χ0v) is 13.1. The molecule has 0 aromatic heterocycles. The van der Waals surface area contributed by atoms with Crippen LogP contribution < -0.4 is 10.1 Å². The highest BCUT2D eigenvalue weighted by molar-refractivity contribution is 6.31. The fraction of sp³-hybridized carbons (Fsp3) is 0.188. The number of hydrogen-bond donors (Lipinski definition) is 1. The molecule has 6 nitrogen and oxygen atoms in total. The molecule has 23 heavy (non-hydrogen) atoms. The van der Waals surface area contributed by atoms with Crippen LogP contribution in [0.5, 0.6) is 5.75 Å². The van der Waals surface area contributed by atoms with E-state index < -0.39 is 11.0 Å². The zero-order valence-electron chi connectivity index (χ0n) is 12.4. The van der Waals surface area contributed by atoms with Crippen molar-refractivity contribution < 1.29 is 14.5 Å². The van der Waals surface area contributed by atoms with Gasteiger partial charge in [0.1, 0.15) is 5.75 Å². The number of non-ortho nitro benzene ring substituents is 1. The lowest BCUT2D eigenvalue weighted by Crippen LogP contribution is -2.35. The third-order valence-corrected chi connectivity index (χ3v) is 3.51. The van der Waals surface area contributed by atoms with Gasteiger partial charge in [-0.1, -0.05) is 29.8 Å². The molecule has 0 saturated carbocycles. The lowest BCUT2D eigenvalue weighted by atomic mass is 10.2. The molecule has 7 heteroatoms. The van der Waals surface area contributed by atoms with E-state index in [1.54, 1.807) is 13.0 Å². The second kappa shape index (κ2) is 7.60. The van der Waals surface area contributed by atoms with Crippen molar-refractivity contribution in [3.63, 3.8) is 0 Å². The van der Waals surface area contributed by atoms with Crippen LogP contribution >= 0.6 is 11.6 Å². The standard InChI is InChI=1S/C16H15ClN2O4/c1-11(23-14-8-6-13(7-9-14)19(21)22)16(20)18-10-12-4-2-3-5-15(12)17/h2-9,11H,10H2,1H3,(H,18,20). The predicted molar refractivity (Wildman–Crippen MR) is 86.5 cm³/mol. The summed E-state index contributed by atoms with van der Waals surface area (Å²) in [5.74, 6) is 0.0827. The highest BCUT2D eigenvalue weighted by Gasteiger charge is 2.15. The van der Waals surface area contributed by atoms with E-state index in [0.717, 1.165) is 5.56 Å². The Morgan fingerprint density at radius 3 is 2.52 bits per heavy atom. The Morgan fingerprint density at radius 1 is 1.26 bits per heavy atom. The number of hydrogen-bond acceptors (Lipinski definition) is 4. The molecule has 2 rings (SSSR count). The predicted octanol–water partition coefficient (Wildman–Crippen LogP) is 3.33. The molecule has 0 bridgehead atoms. The summed E-state index contributed by atoms with van der Waals surface area (Å²) in [6, 6.07) is 12.8. The molecule has 0 aliphatic carbocycles. The van der Waals surface area contributed by atoms with Gasteiger partial charge in [-0.15, -0.1) is 0 Å². The summed E-state index contributed by atoms with van der Waals surface area (Å²) in [7, 11) is 0. The number of nitro benzene ring substituents is 1.